The minimum absolute atomic E-state index is 0.00481. The molecule has 0 saturated carbocycles. The molecule has 24 heavy (non-hydrogen) atoms. The van der Waals surface area contributed by atoms with Crippen molar-refractivity contribution >= 4 is 29.3 Å². The highest BCUT2D eigenvalue weighted by Crippen LogP contribution is 2.20. The van der Waals surface area contributed by atoms with Crippen LogP contribution in [0.3, 0.4) is 0 Å². The second-order valence-electron chi connectivity index (χ2n) is 5.33. The molecule has 2 rings (SSSR count). The predicted molar refractivity (Wildman–Crippen MR) is 97.0 cm³/mol. The van der Waals surface area contributed by atoms with Gasteiger partial charge >= 0.3 is 0 Å². The van der Waals surface area contributed by atoms with Crippen LogP contribution in [0.25, 0.3) is 0 Å². The van der Waals surface area contributed by atoms with Crippen LogP contribution in [0.4, 0.5) is 4.39 Å². The second kappa shape index (κ2) is 8.94. The summed E-state index contributed by atoms with van der Waals surface area (Å²) in [5, 5.41) is 0.372. The van der Waals surface area contributed by atoms with Gasteiger partial charge < -0.3 is 9.64 Å². The number of nitrogens with zero attached hydrogens (tertiary/aromatic N) is 1. The van der Waals surface area contributed by atoms with Crippen LogP contribution in [0.5, 0.6) is 5.75 Å². The third kappa shape index (κ3) is 5.42. The number of ether oxygens (including phenoxy) is 1. The summed E-state index contributed by atoms with van der Waals surface area (Å²) in [7, 11) is 3.38. The molecule has 0 aromatic heterocycles. The van der Waals surface area contributed by atoms with Gasteiger partial charge in [0.15, 0.2) is 0 Å². The quantitative estimate of drug-likeness (QED) is 0.727. The number of benzene rings is 2. The van der Waals surface area contributed by atoms with Gasteiger partial charge in [-0.2, -0.15) is 0 Å². The van der Waals surface area contributed by atoms with Crippen molar-refractivity contribution in [3.63, 3.8) is 0 Å². The normalized spacial score (nSPS) is 10.5. The summed E-state index contributed by atoms with van der Waals surface area (Å²) < 4.78 is 18.8. The topological polar surface area (TPSA) is 29.5 Å². The molecule has 0 saturated heterocycles. The van der Waals surface area contributed by atoms with Gasteiger partial charge in [-0.05, 0) is 35.4 Å². The second-order valence-corrected chi connectivity index (χ2v) is 6.75. The molecule has 0 aliphatic rings. The van der Waals surface area contributed by atoms with Gasteiger partial charge in [0.2, 0.25) is 5.91 Å². The summed E-state index contributed by atoms with van der Waals surface area (Å²) in [5.41, 5.74) is 1.58. The Hall–Kier alpha value is -1.72. The van der Waals surface area contributed by atoms with Crippen molar-refractivity contribution in [2.24, 2.45) is 0 Å². The molecule has 0 radical (unpaired) electrons. The molecule has 0 aliphatic heterocycles. The lowest BCUT2D eigenvalue weighted by Gasteiger charge is -2.17. The van der Waals surface area contributed by atoms with Gasteiger partial charge in [0, 0.05) is 24.4 Å². The minimum Gasteiger partial charge on any atom is -0.497 e. The van der Waals surface area contributed by atoms with Gasteiger partial charge in [0.05, 0.1) is 12.9 Å². The van der Waals surface area contributed by atoms with Gasteiger partial charge in [0.1, 0.15) is 11.6 Å². The summed E-state index contributed by atoms with van der Waals surface area (Å²) >= 11 is 7.11. The first kappa shape index (κ1) is 18.6. The van der Waals surface area contributed by atoms with Crippen LogP contribution >= 0.6 is 23.4 Å². The zero-order valence-corrected chi connectivity index (χ0v) is 15.2. The summed E-state index contributed by atoms with van der Waals surface area (Å²) in [6, 6.07) is 12.2. The molecule has 0 spiro atoms. The van der Waals surface area contributed by atoms with Gasteiger partial charge in [-0.25, -0.2) is 4.39 Å². The molecule has 2 aromatic carbocycles. The van der Waals surface area contributed by atoms with Crippen LogP contribution in [0.1, 0.15) is 11.1 Å². The van der Waals surface area contributed by atoms with Crippen LogP contribution in [-0.4, -0.2) is 30.7 Å². The Balaban J connectivity index is 1.80. The number of hydrogen-bond donors (Lipinski definition) is 0. The fourth-order valence-corrected chi connectivity index (χ4v) is 3.20. The van der Waals surface area contributed by atoms with E-state index in [1.807, 2.05) is 24.3 Å². The molecule has 0 aliphatic carbocycles. The Morgan fingerprint density at radius 2 is 1.96 bits per heavy atom. The number of carbonyl (C=O) groups excluding carboxylic acids is 1. The maximum Gasteiger partial charge on any atom is 0.232 e. The standard InChI is InChI=1S/C18H19ClFNO2S/c1-21(10-13-3-7-16(23-2)8-4-13)18(22)12-24-11-14-5-6-15(19)9-17(14)20/h3-9H,10-12H2,1-2H3. The average molecular weight is 368 g/mol. The minimum atomic E-state index is -0.339. The Bertz CT molecular complexity index is 694. The summed E-state index contributed by atoms with van der Waals surface area (Å²) in [6.45, 7) is 0.526. The van der Waals surface area contributed by atoms with E-state index in [2.05, 4.69) is 0 Å². The summed E-state index contributed by atoms with van der Waals surface area (Å²) in [5.74, 6) is 1.19. The van der Waals surface area contributed by atoms with Crippen LogP contribution in [0.2, 0.25) is 5.02 Å². The van der Waals surface area contributed by atoms with Crippen LogP contribution in [0, 0.1) is 5.82 Å². The number of methoxy groups -OCH3 is 1. The van der Waals surface area contributed by atoms with Crippen molar-refractivity contribution in [2.45, 2.75) is 12.3 Å². The van der Waals surface area contributed by atoms with Crippen molar-refractivity contribution in [2.75, 3.05) is 19.9 Å². The molecule has 0 heterocycles. The van der Waals surface area contributed by atoms with E-state index in [-0.39, 0.29) is 11.7 Å². The molecule has 1 amide bonds. The molecule has 6 heteroatoms. The zero-order chi connectivity index (χ0) is 17.5. The molecule has 3 nitrogen and oxygen atoms in total. The molecule has 2 aromatic rings. The van der Waals surface area contributed by atoms with Crippen LogP contribution in [0.15, 0.2) is 42.5 Å². The van der Waals surface area contributed by atoms with Crippen molar-refractivity contribution in [3.05, 3.63) is 64.4 Å². The van der Waals surface area contributed by atoms with Crippen molar-refractivity contribution in [3.8, 4) is 5.75 Å². The SMILES string of the molecule is COc1ccc(CN(C)C(=O)CSCc2ccc(Cl)cc2F)cc1. The number of rotatable bonds is 7. The summed E-state index contributed by atoms with van der Waals surface area (Å²) in [6.07, 6.45) is 0. The highest BCUT2D eigenvalue weighted by atomic mass is 35.5. The zero-order valence-electron chi connectivity index (χ0n) is 13.6. The molecule has 0 unspecified atom stereocenters. The molecule has 0 fully saturated rings. The van der Waals surface area contributed by atoms with E-state index in [1.165, 1.54) is 17.8 Å². The lowest BCUT2D eigenvalue weighted by molar-refractivity contribution is -0.127. The predicted octanol–water partition coefficient (Wildman–Crippen LogP) is 4.38. The molecule has 128 valence electrons. The van der Waals surface area contributed by atoms with E-state index in [9.17, 15) is 9.18 Å². The number of hydrogen-bond acceptors (Lipinski definition) is 3. The first-order valence-corrected chi connectivity index (χ1v) is 8.91. The van der Waals surface area contributed by atoms with E-state index >= 15 is 0 Å². The Kier molecular flexibility index (Phi) is 6.94. The number of carbonyl (C=O) groups is 1. The van der Waals surface area contributed by atoms with E-state index in [0.29, 0.717) is 28.6 Å². The number of thioether (sulfide) groups is 1. The fourth-order valence-electron chi connectivity index (χ4n) is 2.09. The third-order valence-electron chi connectivity index (χ3n) is 3.50. The fraction of sp³-hybridized carbons (Fsp3) is 0.278. The van der Waals surface area contributed by atoms with E-state index in [1.54, 1.807) is 31.2 Å². The molecular weight excluding hydrogens is 349 g/mol. The lowest BCUT2D eigenvalue weighted by atomic mass is 10.2. The highest BCUT2D eigenvalue weighted by molar-refractivity contribution is 7.99. The van der Waals surface area contributed by atoms with Gasteiger partial charge in [-0.1, -0.05) is 29.8 Å². The lowest BCUT2D eigenvalue weighted by Crippen LogP contribution is -2.27. The molecule has 0 N–H and O–H groups in total. The van der Waals surface area contributed by atoms with E-state index in [4.69, 9.17) is 16.3 Å². The third-order valence-corrected chi connectivity index (χ3v) is 4.70. The maximum atomic E-state index is 13.7. The largest absolute Gasteiger partial charge is 0.497 e. The maximum absolute atomic E-state index is 13.7. The molecule has 0 atom stereocenters. The monoisotopic (exact) mass is 367 g/mol. The number of amides is 1. The highest BCUT2D eigenvalue weighted by Gasteiger charge is 2.11. The summed E-state index contributed by atoms with van der Waals surface area (Å²) in [4.78, 5) is 13.8. The Morgan fingerprint density at radius 3 is 2.58 bits per heavy atom. The Morgan fingerprint density at radius 1 is 1.25 bits per heavy atom. The van der Waals surface area contributed by atoms with Crippen molar-refractivity contribution in [1.82, 2.24) is 4.90 Å². The van der Waals surface area contributed by atoms with Gasteiger partial charge in [0.25, 0.3) is 0 Å². The van der Waals surface area contributed by atoms with E-state index < -0.39 is 0 Å². The van der Waals surface area contributed by atoms with Crippen LogP contribution in [-0.2, 0) is 17.1 Å². The van der Waals surface area contributed by atoms with Gasteiger partial charge in [-0.3, -0.25) is 4.79 Å². The van der Waals surface area contributed by atoms with Gasteiger partial charge in [-0.15, -0.1) is 11.8 Å². The smallest absolute Gasteiger partial charge is 0.232 e. The first-order valence-electron chi connectivity index (χ1n) is 7.38. The number of halogens is 2. The van der Waals surface area contributed by atoms with E-state index in [0.717, 1.165) is 11.3 Å². The first-order chi connectivity index (χ1) is 11.5. The Labute approximate surface area is 150 Å². The van der Waals surface area contributed by atoms with Crippen LogP contribution < -0.4 is 4.74 Å². The van der Waals surface area contributed by atoms with Crippen molar-refractivity contribution in [1.29, 1.82) is 0 Å². The molecule has 0 bridgehead atoms. The van der Waals surface area contributed by atoms with Crippen molar-refractivity contribution < 1.29 is 13.9 Å². The molecular formula is C18H19ClFNO2S. The average Bonchev–Trinajstić information content (AvgIpc) is 2.57.